The van der Waals surface area contributed by atoms with Gasteiger partial charge in [0, 0.05) is 20.0 Å². The predicted molar refractivity (Wildman–Crippen MR) is 265 cm³/mol. The van der Waals surface area contributed by atoms with E-state index in [0.29, 0.717) is 6.42 Å². The highest BCUT2D eigenvalue weighted by molar-refractivity contribution is 7.48. The van der Waals surface area contributed by atoms with E-state index in [9.17, 15) is 9.36 Å². The summed E-state index contributed by atoms with van der Waals surface area (Å²) in [6.45, 7) is 14.2. The molecule has 0 fully saturated rings. The molecule has 8 nitrogen and oxygen atoms in total. The van der Waals surface area contributed by atoms with E-state index in [2.05, 4.69) is 109 Å². The van der Waals surface area contributed by atoms with Gasteiger partial charge in [-0.05, 0) is 109 Å². The molecule has 0 radical (unpaired) electrons. The minimum atomic E-state index is -3.78. The number of phosphoric ester groups is 1. The molecule has 0 aliphatic heterocycles. The van der Waals surface area contributed by atoms with Crippen LogP contribution in [0.1, 0.15) is 228 Å². The second-order valence-corrected chi connectivity index (χ2v) is 21.3. The minimum absolute atomic E-state index is 0.0177. The fourth-order valence-corrected chi connectivity index (χ4v) is 8.93. The first-order valence-electron chi connectivity index (χ1n) is 25.3. The average molecular weight is 895 g/mol. The molecular weight excluding hydrogens is 794 g/mol. The molecule has 364 valence electrons. The van der Waals surface area contributed by atoms with E-state index in [4.69, 9.17) is 18.5 Å². The first-order valence-corrected chi connectivity index (χ1v) is 26.8. The monoisotopic (exact) mass is 895 g/mol. The number of carbonyl (C=O) groups excluding carboxylic acids is 1. The second kappa shape index (κ2) is 38.7. The molecule has 0 amide bonds. The van der Waals surface area contributed by atoms with E-state index >= 15 is 0 Å². The lowest BCUT2D eigenvalue weighted by molar-refractivity contribution is -0.939. The van der Waals surface area contributed by atoms with Gasteiger partial charge < -0.3 is 9.22 Å². The predicted octanol–water partition coefficient (Wildman–Crippen LogP) is 16.7. The Balaban J connectivity index is 4.84. The maximum atomic E-state index is 13.3. The smallest absolute Gasteiger partial charge is 0.462 e. The zero-order chi connectivity index (χ0) is 46.3. The first-order chi connectivity index (χ1) is 29.7. The highest BCUT2D eigenvalue weighted by Crippen LogP contribution is 2.50. The summed E-state index contributed by atoms with van der Waals surface area (Å²) in [6.07, 6.45) is 52.2. The SMILES string of the molecule is CCCCC/C=C\C/C=C\CCCCCCCCC(CCCCCCCC/C=C\C/C=C\CCCCC)OC(=O)CCC[N+](C)(C)C(C)(C)CC(C)(C)COP(=O)(OC)OOC. The largest absolute Gasteiger partial charge is 0.501 e. The zero-order valence-corrected chi connectivity index (χ0v) is 43.3. The fraction of sp³-hybridized carbons (Fsp3) is 0.830. The van der Waals surface area contributed by atoms with Gasteiger partial charge in [0.15, 0.2) is 0 Å². The standard InChI is InChI=1S/C53H101NO7P/c1-11-13-15-17-19-21-23-25-27-29-31-33-35-37-39-41-44-50(45-42-40-38-36-34-32-30-28-26-24-22-20-18-16-14-12-2)60-51(55)46-43-47-54(7,8)53(5,6)48-52(3,4)49-59-62(56,58-10)61-57-9/h19-22,25-28,50H,11-18,23-24,29-49H2,1-10H3/q+1/b21-19-,22-20-,27-25-,28-26-. The molecule has 0 bridgehead atoms. The Labute approximate surface area is 384 Å². The Hall–Kier alpha value is -1.54. The van der Waals surface area contributed by atoms with E-state index in [1.165, 1.54) is 143 Å². The van der Waals surface area contributed by atoms with Crippen molar-refractivity contribution in [2.45, 2.75) is 239 Å². The van der Waals surface area contributed by atoms with E-state index in [1.807, 2.05) is 0 Å². The number of hydrogen-bond donors (Lipinski definition) is 0. The number of rotatable bonds is 44. The molecule has 0 aromatic heterocycles. The topological polar surface area (TPSA) is 80.3 Å². The van der Waals surface area contributed by atoms with Crippen molar-refractivity contribution < 1.29 is 37.2 Å². The lowest BCUT2D eigenvalue weighted by Crippen LogP contribution is -2.58. The number of allylic oxidation sites excluding steroid dienone is 8. The van der Waals surface area contributed by atoms with Crippen molar-refractivity contribution in [2.24, 2.45) is 5.41 Å². The van der Waals surface area contributed by atoms with E-state index in [0.717, 1.165) is 62.4 Å². The van der Waals surface area contributed by atoms with Crippen molar-refractivity contribution in [3.05, 3.63) is 48.6 Å². The Morgan fingerprint density at radius 3 is 1.44 bits per heavy atom. The molecule has 0 heterocycles. The van der Waals surface area contributed by atoms with Gasteiger partial charge in [-0.3, -0.25) is 13.8 Å². The van der Waals surface area contributed by atoms with Gasteiger partial charge in [-0.25, -0.2) is 9.45 Å². The normalized spacial score (nSPS) is 14.1. The quantitative estimate of drug-likeness (QED) is 0.0115. The molecule has 0 aliphatic carbocycles. The molecule has 0 aromatic carbocycles. The summed E-state index contributed by atoms with van der Waals surface area (Å²) < 4.78 is 34.8. The molecule has 9 heteroatoms. The highest BCUT2D eigenvalue weighted by Gasteiger charge is 2.42. The van der Waals surface area contributed by atoms with Gasteiger partial charge in [0.25, 0.3) is 0 Å². The van der Waals surface area contributed by atoms with Crippen LogP contribution < -0.4 is 0 Å². The molecule has 0 spiro atoms. The van der Waals surface area contributed by atoms with Crippen molar-refractivity contribution in [1.82, 2.24) is 0 Å². The van der Waals surface area contributed by atoms with Crippen molar-refractivity contribution in [2.75, 3.05) is 41.5 Å². The van der Waals surface area contributed by atoms with E-state index in [1.54, 1.807) is 0 Å². The fourth-order valence-electron chi connectivity index (χ4n) is 8.03. The Bertz CT molecular complexity index is 1180. The summed E-state index contributed by atoms with van der Waals surface area (Å²) in [5.41, 5.74) is -0.470. The van der Waals surface area contributed by atoms with Crippen LogP contribution in [0.15, 0.2) is 48.6 Å². The van der Waals surface area contributed by atoms with Crippen molar-refractivity contribution >= 4 is 13.8 Å². The number of hydrogen-bond acceptors (Lipinski definition) is 7. The summed E-state index contributed by atoms with van der Waals surface area (Å²) in [5, 5.41) is 0. The van der Waals surface area contributed by atoms with Gasteiger partial charge >= 0.3 is 13.8 Å². The number of quaternary nitrogens is 1. The first kappa shape index (κ1) is 60.5. The molecule has 0 aromatic rings. The maximum Gasteiger partial charge on any atom is 0.501 e. The molecule has 0 rings (SSSR count). The molecule has 62 heavy (non-hydrogen) atoms. The van der Waals surface area contributed by atoms with Crippen LogP contribution in [0, 0.1) is 5.41 Å². The maximum absolute atomic E-state index is 13.3. The Kier molecular flexibility index (Phi) is 37.7. The molecule has 0 aliphatic rings. The van der Waals surface area contributed by atoms with Crippen LogP contribution in [-0.4, -0.2) is 63.6 Å². The summed E-state index contributed by atoms with van der Waals surface area (Å²) in [7, 11) is 3.21. The van der Waals surface area contributed by atoms with Gasteiger partial charge in [0.05, 0.1) is 46.3 Å². The van der Waals surface area contributed by atoms with Crippen LogP contribution >= 0.6 is 7.82 Å². The van der Waals surface area contributed by atoms with Gasteiger partial charge in [-0.2, -0.15) is 0 Å². The van der Waals surface area contributed by atoms with Gasteiger partial charge in [0.2, 0.25) is 0 Å². The highest BCUT2D eigenvalue weighted by atomic mass is 31.2. The van der Waals surface area contributed by atoms with E-state index < -0.39 is 7.82 Å². The third kappa shape index (κ3) is 34.8. The Morgan fingerprint density at radius 2 is 1.02 bits per heavy atom. The van der Waals surface area contributed by atoms with Crippen molar-refractivity contribution in [1.29, 1.82) is 0 Å². The van der Waals surface area contributed by atoms with Crippen LogP contribution in [0.25, 0.3) is 0 Å². The summed E-state index contributed by atoms with van der Waals surface area (Å²) in [6, 6.07) is 0. The number of nitrogens with zero attached hydrogens (tertiary/aromatic N) is 1. The minimum Gasteiger partial charge on any atom is -0.462 e. The summed E-state index contributed by atoms with van der Waals surface area (Å²) in [5.74, 6) is -0.0601. The van der Waals surface area contributed by atoms with Gasteiger partial charge in [-0.15, -0.1) is 4.67 Å². The van der Waals surface area contributed by atoms with Gasteiger partial charge in [-0.1, -0.05) is 153 Å². The van der Waals surface area contributed by atoms with Crippen LogP contribution in [-0.2, 0) is 32.7 Å². The van der Waals surface area contributed by atoms with Gasteiger partial charge in [0.1, 0.15) is 6.10 Å². The molecule has 0 saturated heterocycles. The number of ether oxygens (including phenoxy) is 1. The number of carbonyl (C=O) groups is 1. The number of unbranched alkanes of at least 4 members (excludes halogenated alkanes) is 18. The van der Waals surface area contributed by atoms with Crippen molar-refractivity contribution in [3.63, 3.8) is 0 Å². The third-order valence-corrected chi connectivity index (χ3v) is 13.6. The lowest BCUT2D eigenvalue weighted by Gasteiger charge is -2.48. The van der Waals surface area contributed by atoms with E-state index in [-0.39, 0.29) is 29.6 Å². The average Bonchev–Trinajstić information content (AvgIpc) is 3.22. The van der Waals surface area contributed by atoms with Crippen molar-refractivity contribution in [3.8, 4) is 0 Å². The molecule has 0 N–H and O–H groups in total. The molecular formula is C53H101NO7P+. The second-order valence-electron chi connectivity index (χ2n) is 19.7. The summed E-state index contributed by atoms with van der Waals surface area (Å²) >= 11 is 0. The lowest BCUT2D eigenvalue weighted by atomic mass is 9.79. The van der Waals surface area contributed by atoms with Crippen LogP contribution in [0.2, 0.25) is 0 Å². The summed E-state index contributed by atoms with van der Waals surface area (Å²) in [4.78, 5) is 17.9. The van der Waals surface area contributed by atoms with Crippen LogP contribution in [0.5, 0.6) is 0 Å². The Morgan fingerprint density at radius 1 is 0.597 bits per heavy atom. The number of phosphoric acid groups is 1. The molecule has 1 atom stereocenters. The van der Waals surface area contributed by atoms with Crippen LogP contribution in [0.4, 0.5) is 0 Å². The zero-order valence-electron chi connectivity index (χ0n) is 42.4. The van der Waals surface area contributed by atoms with Crippen LogP contribution in [0.3, 0.4) is 0 Å². The molecule has 1 unspecified atom stereocenters. The third-order valence-electron chi connectivity index (χ3n) is 12.4. The molecule has 0 saturated carbocycles. The number of esters is 1.